The van der Waals surface area contributed by atoms with Crippen molar-refractivity contribution in [2.75, 3.05) is 44.7 Å². The molecule has 3 aromatic rings. The molecule has 1 atom stereocenters. The average molecular weight is 446 g/mol. The predicted molar refractivity (Wildman–Crippen MR) is 135 cm³/mol. The number of pyridine rings is 1. The van der Waals surface area contributed by atoms with Gasteiger partial charge in [-0.3, -0.25) is 4.98 Å². The second kappa shape index (κ2) is 11.3. The highest BCUT2D eigenvalue weighted by Crippen LogP contribution is 2.42. The highest BCUT2D eigenvalue weighted by Gasteiger charge is 2.24. The van der Waals surface area contributed by atoms with Crippen LogP contribution in [-0.2, 0) is 11.3 Å². The molecular formula is C28H35N3O2. The molecule has 0 bridgehead atoms. The van der Waals surface area contributed by atoms with Crippen LogP contribution < -0.4 is 9.64 Å². The highest BCUT2D eigenvalue weighted by molar-refractivity contribution is 5.77. The number of piperazine rings is 1. The Kier molecular flexibility index (Phi) is 7.97. The number of nitrogens with zero attached hydrogens (tertiary/aromatic N) is 3. The van der Waals surface area contributed by atoms with Crippen molar-refractivity contribution in [3.63, 3.8) is 0 Å². The summed E-state index contributed by atoms with van der Waals surface area (Å²) in [5.74, 6) is 0.894. The summed E-state index contributed by atoms with van der Waals surface area (Å²) >= 11 is 0. The number of rotatable bonds is 9. The maximum atomic E-state index is 6.40. The lowest BCUT2D eigenvalue weighted by atomic mass is 9.96. The minimum atomic E-state index is -0.0821. The van der Waals surface area contributed by atoms with Gasteiger partial charge in [-0.2, -0.15) is 0 Å². The van der Waals surface area contributed by atoms with Gasteiger partial charge >= 0.3 is 0 Å². The summed E-state index contributed by atoms with van der Waals surface area (Å²) in [7, 11) is 1.76. The molecule has 5 nitrogen and oxygen atoms in total. The van der Waals surface area contributed by atoms with Crippen LogP contribution >= 0.6 is 0 Å². The summed E-state index contributed by atoms with van der Waals surface area (Å²) in [5.41, 5.74) is 5.54. The lowest BCUT2D eigenvalue weighted by Crippen LogP contribution is -2.46. The van der Waals surface area contributed by atoms with Gasteiger partial charge in [-0.1, -0.05) is 50.2 Å². The van der Waals surface area contributed by atoms with Crippen molar-refractivity contribution >= 4 is 5.69 Å². The Morgan fingerprint density at radius 1 is 0.939 bits per heavy atom. The van der Waals surface area contributed by atoms with Crippen LogP contribution in [0.5, 0.6) is 5.75 Å². The molecule has 1 unspecified atom stereocenters. The quantitative estimate of drug-likeness (QED) is 0.431. The highest BCUT2D eigenvalue weighted by atomic mass is 16.5. The van der Waals surface area contributed by atoms with Gasteiger partial charge in [-0.25, -0.2) is 0 Å². The summed E-state index contributed by atoms with van der Waals surface area (Å²) in [6.07, 6.45) is 2.58. The van der Waals surface area contributed by atoms with Gasteiger partial charge < -0.3 is 19.3 Å². The smallest absolute Gasteiger partial charge is 0.132 e. The average Bonchev–Trinajstić information content (AvgIpc) is 2.89. The van der Waals surface area contributed by atoms with Crippen LogP contribution in [0.4, 0.5) is 5.69 Å². The van der Waals surface area contributed by atoms with Crippen molar-refractivity contribution in [1.82, 2.24) is 9.88 Å². The molecule has 0 N–H and O–H groups in total. The summed E-state index contributed by atoms with van der Waals surface area (Å²) < 4.78 is 12.4. The van der Waals surface area contributed by atoms with Crippen molar-refractivity contribution in [2.24, 2.45) is 0 Å². The first kappa shape index (κ1) is 23.3. The maximum absolute atomic E-state index is 6.40. The summed E-state index contributed by atoms with van der Waals surface area (Å²) in [6, 6.07) is 21.0. The number of hydrogen-bond donors (Lipinski definition) is 0. The molecule has 0 radical (unpaired) electrons. The van der Waals surface area contributed by atoms with E-state index in [1.807, 2.05) is 24.4 Å². The molecule has 5 heteroatoms. The summed E-state index contributed by atoms with van der Waals surface area (Å²) in [6.45, 7) is 10.2. The molecular weight excluding hydrogens is 410 g/mol. The third-order valence-corrected chi connectivity index (χ3v) is 6.45. The molecule has 1 aliphatic rings. The Labute approximate surface area is 198 Å². The normalized spacial score (nSPS) is 15.4. The summed E-state index contributed by atoms with van der Waals surface area (Å²) in [5, 5.41) is 0. The molecule has 1 aliphatic heterocycles. The predicted octanol–water partition coefficient (Wildman–Crippen LogP) is 5.57. The zero-order valence-corrected chi connectivity index (χ0v) is 20.0. The van der Waals surface area contributed by atoms with Crippen molar-refractivity contribution in [3.8, 4) is 16.9 Å². The molecule has 1 saturated heterocycles. The largest absolute Gasteiger partial charge is 0.496 e. The fraction of sp³-hybridized carbons (Fsp3) is 0.393. The van der Waals surface area contributed by atoms with Crippen molar-refractivity contribution in [1.29, 1.82) is 0 Å². The van der Waals surface area contributed by atoms with Crippen LogP contribution in [0.1, 0.15) is 37.6 Å². The Hall–Kier alpha value is -2.89. The van der Waals surface area contributed by atoms with E-state index in [2.05, 4.69) is 71.1 Å². The first-order valence-electron chi connectivity index (χ1n) is 12.0. The van der Waals surface area contributed by atoms with E-state index >= 15 is 0 Å². The van der Waals surface area contributed by atoms with Gasteiger partial charge in [0.1, 0.15) is 5.75 Å². The van der Waals surface area contributed by atoms with Crippen LogP contribution in [0.25, 0.3) is 11.1 Å². The molecule has 4 rings (SSSR count). The van der Waals surface area contributed by atoms with E-state index in [1.165, 1.54) is 5.69 Å². The van der Waals surface area contributed by atoms with Crippen molar-refractivity contribution in [3.05, 3.63) is 78.1 Å². The number of likely N-dealkylation sites (N-methyl/N-ethyl adjacent to an activating group) is 1. The first-order chi connectivity index (χ1) is 16.2. The van der Waals surface area contributed by atoms with E-state index in [-0.39, 0.29) is 6.10 Å². The van der Waals surface area contributed by atoms with Crippen LogP contribution in [0.2, 0.25) is 0 Å². The third kappa shape index (κ3) is 5.55. The van der Waals surface area contributed by atoms with Crippen LogP contribution in [0.15, 0.2) is 66.9 Å². The van der Waals surface area contributed by atoms with E-state index in [1.54, 1.807) is 7.11 Å². The second-order valence-corrected chi connectivity index (χ2v) is 8.43. The van der Waals surface area contributed by atoms with Gasteiger partial charge in [0, 0.05) is 49.2 Å². The first-order valence-corrected chi connectivity index (χ1v) is 12.0. The summed E-state index contributed by atoms with van der Waals surface area (Å²) in [4.78, 5) is 9.42. The minimum Gasteiger partial charge on any atom is -0.496 e. The standard InChI is InChI=1S/C28H35N3O2/c1-4-27(33-21-23-13-9-10-14-29-23)26-20-24(31-17-15-30(5-2)16-18-31)19-25(28(26)32-3)22-11-7-6-8-12-22/h6-14,19-20,27H,4-5,15-18,21H2,1-3H3. The Morgan fingerprint density at radius 2 is 1.70 bits per heavy atom. The van der Waals surface area contributed by atoms with E-state index in [9.17, 15) is 0 Å². The van der Waals surface area contributed by atoms with Crippen LogP contribution in [0.3, 0.4) is 0 Å². The number of aromatic nitrogens is 1. The van der Waals surface area contributed by atoms with Gasteiger partial charge in [-0.05, 0) is 42.8 Å². The molecule has 174 valence electrons. The van der Waals surface area contributed by atoms with E-state index in [0.29, 0.717) is 6.61 Å². The molecule has 33 heavy (non-hydrogen) atoms. The Balaban J connectivity index is 1.71. The van der Waals surface area contributed by atoms with E-state index < -0.39 is 0 Å². The Bertz CT molecular complexity index is 1000. The molecule has 0 saturated carbocycles. The van der Waals surface area contributed by atoms with Crippen molar-refractivity contribution in [2.45, 2.75) is 33.0 Å². The molecule has 0 aliphatic carbocycles. The SMILES string of the molecule is CCC(OCc1ccccn1)c1cc(N2CCN(CC)CC2)cc(-c2ccccc2)c1OC. The molecule has 0 spiro atoms. The topological polar surface area (TPSA) is 37.8 Å². The number of methoxy groups -OCH3 is 1. The lowest BCUT2D eigenvalue weighted by Gasteiger charge is -2.36. The maximum Gasteiger partial charge on any atom is 0.132 e. The molecule has 2 aromatic carbocycles. The molecule has 1 aromatic heterocycles. The second-order valence-electron chi connectivity index (χ2n) is 8.43. The van der Waals surface area contributed by atoms with Crippen molar-refractivity contribution < 1.29 is 9.47 Å². The van der Waals surface area contributed by atoms with Gasteiger partial charge in [0.2, 0.25) is 0 Å². The number of benzene rings is 2. The van der Waals surface area contributed by atoms with E-state index in [0.717, 1.165) is 67.3 Å². The molecule has 2 heterocycles. The monoisotopic (exact) mass is 445 g/mol. The zero-order chi connectivity index (χ0) is 23.0. The van der Waals surface area contributed by atoms with Gasteiger partial charge in [0.05, 0.1) is 25.5 Å². The number of hydrogen-bond acceptors (Lipinski definition) is 5. The minimum absolute atomic E-state index is 0.0821. The van der Waals surface area contributed by atoms with Gasteiger partial charge in [0.25, 0.3) is 0 Å². The lowest BCUT2D eigenvalue weighted by molar-refractivity contribution is 0.0338. The van der Waals surface area contributed by atoms with Crippen LogP contribution in [0, 0.1) is 0 Å². The number of anilines is 1. The Morgan fingerprint density at radius 3 is 2.33 bits per heavy atom. The number of ether oxygens (including phenoxy) is 2. The zero-order valence-electron chi connectivity index (χ0n) is 20.0. The molecule has 1 fully saturated rings. The van der Waals surface area contributed by atoms with Gasteiger partial charge in [0.15, 0.2) is 0 Å². The van der Waals surface area contributed by atoms with E-state index in [4.69, 9.17) is 9.47 Å². The van der Waals surface area contributed by atoms with Gasteiger partial charge in [-0.15, -0.1) is 0 Å². The van der Waals surface area contributed by atoms with Crippen LogP contribution in [-0.4, -0.2) is 49.7 Å². The third-order valence-electron chi connectivity index (χ3n) is 6.45. The molecule has 0 amide bonds. The fourth-order valence-electron chi connectivity index (χ4n) is 4.54. The fourth-order valence-corrected chi connectivity index (χ4v) is 4.54.